The zero-order chi connectivity index (χ0) is 9.97. The Balaban J connectivity index is 2.33. The number of hydrogen-bond acceptors (Lipinski definition) is 4. The van der Waals surface area contributed by atoms with Gasteiger partial charge in [-0.15, -0.1) is 11.3 Å². The molecule has 2 heterocycles. The lowest BCUT2D eigenvalue weighted by molar-refractivity contribution is 0.970. The van der Waals surface area contributed by atoms with Gasteiger partial charge in [0.25, 0.3) is 0 Å². The third kappa shape index (κ3) is 1.69. The number of rotatable bonds is 3. The van der Waals surface area contributed by atoms with Gasteiger partial charge in [-0.2, -0.15) is 5.10 Å². The van der Waals surface area contributed by atoms with Gasteiger partial charge in [-0.3, -0.25) is 5.10 Å². The van der Waals surface area contributed by atoms with Crippen molar-refractivity contribution >= 4 is 11.3 Å². The Morgan fingerprint density at radius 2 is 2.43 bits per heavy atom. The summed E-state index contributed by atoms with van der Waals surface area (Å²) in [5.41, 5.74) is 7.64. The van der Waals surface area contributed by atoms with Crippen LogP contribution in [-0.4, -0.2) is 21.7 Å². The van der Waals surface area contributed by atoms with Crippen molar-refractivity contribution in [3.05, 3.63) is 23.0 Å². The van der Waals surface area contributed by atoms with Crippen molar-refractivity contribution in [3.63, 3.8) is 0 Å². The van der Waals surface area contributed by atoms with Crippen LogP contribution in [0.5, 0.6) is 0 Å². The molecule has 0 atom stereocenters. The normalized spacial score (nSPS) is 10.7. The van der Waals surface area contributed by atoms with E-state index in [0.717, 1.165) is 22.7 Å². The molecule has 5 heteroatoms. The minimum atomic E-state index is 0.674. The molecule has 0 radical (unpaired) electrons. The van der Waals surface area contributed by atoms with Gasteiger partial charge in [0.2, 0.25) is 0 Å². The monoisotopic (exact) mass is 208 g/mol. The van der Waals surface area contributed by atoms with Crippen molar-refractivity contribution in [2.45, 2.75) is 13.3 Å². The Morgan fingerprint density at radius 3 is 3.07 bits per heavy atom. The number of thiazole rings is 1. The highest BCUT2D eigenvalue weighted by molar-refractivity contribution is 7.15. The van der Waals surface area contributed by atoms with E-state index in [2.05, 4.69) is 15.2 Å². The summed E-state index contributed by atoms with van der Waals surface area (Å²) in [7, 11) is 0. The number of nitrogens with one attached hydrogen (secondary N) is 1. The van der Waals surface area contributed by atoms with Crippen molar-refractivity contribution in [3.8, 4) is 10.6 Å². The molecule has 2 aromatic rings. The number of aromatic nitrogens is 3. The van der Waals surface area contributed by atoms with Crippen LogP contribution in [0.3, 0.4) is 0 Å². The molecule has 74 valence electrons. The second kappa shape index (κ2) is 3.89. The fraction of sp³-hybridized carbons (Fsp3) is 0.333. The van der Waals surface area contributed by atoms with E-state index in [1.807, 2.05) is 13.1 Å². The first kappa shape index (κ1) is 9.36. The molecule has 0 bridgehead atoms. The Kier molecular flexibility index (Phi) is 2.60. The molecular weight excluding hydrogens is 196 g/mol. The van der Waals surface area contributed by atoms with Crippen LogP contribution < -0.4 is 5.73 Å². The molecule has 4 nitrogen and oxygen atoms in total. The van der Waals surface area contributed by atoms with Gasteiger partial charge >= 0.3 is 0 Å². The Morgan fingerprint density at radius 1 is 1.57 bits per heavy atom. The molecule has 2 rings (SSSR count). The summed E-state index contributed by atoms with van der Waals surface area (Å²) < 4.78 is 0. The summed E-state index contributed by atoms with van der Waals surface area (Å²) in [4.78, 5) is 5.74. The quantitative estimate of drug-likeness (QED) is 0.800. The summed E-state index contributed by atoms with van der Waals surface area (Å²) in [6, 6.07) is 0. The minimum absolute atomic E-state index is 0.674. The summed E-state index contributed by atoms with van der Waals surface area (Å²) in [6.45, 7) is 2.69. The highest BCUT2D eigenvalue weighted by Gasteiger charge is 2.08. The largest absolute Gasteiger partial charge is 0.330 e. The molecule has 2 aromatic heterocycles. The van der Waals surface area contributed by atoms with Crippen molar-refractivity contribution in [2.24, 2.45) is 5.73 Å². The maximum absolute atomic E-state index is 5.52. The standard InChI is InChI=1S/C9H12N4S/c1-6-8(2-3-10)14-9(13-6)7-4-11-12-5-7/h4-5H,2-3,10H2,1H3,(H,11,12). The van der Waals surface area contributed by atoms with E-state index in [1.54, 1.807) is 17.5 Å². The molecule has 0 aliphatic carbocycles. The van der Waals surface area contributed by atoms with E-state index >= 15 is 0 Å². The van der Waals surface area contributed by atoms with Gasteiger partial charge in [0.1, 0.15) is 5.01 Å². The number of nitrogens with two attached hydrogens (primary N) is 1. The van der Waals surface area contributed by atoms with E-state index in [9.17, 15) is 0 Å². The Hall–Kier alpha value is -1.20. The van der Waals surface area contributed by atoms with E-state index in [1.165, 1.54) is 4.88 Å². The number of H-pyrrole nitrogens is 1. The van der Waals surface area contributed by atoms with Crippen molar-refractivity contribution in [2.75, 3.05) is 6.54 Å². The van der Waals surface area contributed by atoms with Crippen LogP contribution in [0.1, 0.15) is 10.6 Å². The maximum atomic E-state index is 5.52. The summed E-state index contributed by atoms with van der Waals surface area (Å²) >= 11 is 1.69. The summed E-state index contributed by atoms with van der Waals surface area (Å²) in [6.07, 6.45) is 4.54. The topological polar surface area (TPSA) is 67.6 Å². The van der Waals surface area contributed by atoms with Gasteiger partial charge in [-0.05, 0) is 19.9 Å². The van der Waals surface area contributed by atoms with Crippen molar-refractivity contribution < 1.29 is 0 Å². The second-order valence-electron chi connectivity index (χ2n) is 3.05. The molecule has 0 aliphatic rings. The van der Waals surface area contributed by atoms with Gasteiger partial charge in [-0.1, -0.05) is 0 Å². The zero-order valence-corrected chi connectivity index (χ0v) is 8.77. The Bertz CT molecular complexity index is 404. The van der Waals surface area contributed by atoms with E-state index in [0.29, 0.717) is 6.54 Å². The van der Waals surface area contributed by atoms with Gasteiger partial charge < -0.3 is 5.73 Å². The van der Waals surface area contributed by atoms with Crippen LogP contribution in [0.4, 0.5) is 0 Å². The lowest BCUT2D eigenvalue weighted by atomic mass is 10.3. The number of hydrogen-bond donors (Lipinski definition) is 2. The van der Waals surface area contributed by atoms with Crippen LogP contribution >= 0.6 is 11.3 Å². The highest BCUT2D eigenvalue weighted by atomic mass is 32.1. The number of aromatic amines is 1. The average molecular weight is 208 g/mol. The van der Waals surface area contributed by atoms with Crippen LogP contribution in [0.15, 0.2) is 12.4 Å². The third-order valence-corrected chi connectivity index (χ3v) is 3.28. The highest BCUT2D eigenvalue weighted by Crippen LogP contribution is 2.26. The molecule has 0 aliphatic heterocycles. The minimum Gasteiger partial charge on any atom is -0.330 e. The molecule has 3 N–H and O–H groups in total. The van der Waals surface area contributed by atoms with Crippen LogP contribution in [0.25, 0.3) is 10.6 Å². The first-order valence-electron chi connectivity index (χ1n) is 4.47. The molecule has 0 spiro atoms. The van der Waals surface area contributed by atoms with Gasteiger partial charge in [0, 0.05) is 16.6 Å². The lowest BCUT2D eigenvalue weighted by Gasteiger charge is -1.90. The number of nitrogens with zero attached hydrogens (tertiary/aromatic N) is 2. The smallest absolute Gasteiger partial charge is 0.127 e. The number of aryl methyl sites for hydroxylation is 1. The molecule has 0 fully saturated rings. The second-order valence-corrected chi connectivity index (χ2v) is 4.14. The fourth-order valence-electron chi connectivity index (χ4n) is 1.28. The molecular formula is C9H12N4S. The third-order valence-electron chi connectivity index (χ3n) is 2.01. The van der Waals surface area contributed by atoms with Gasteiger partial charge in [0.05, 0.1) is 11.9 Å². The SMILES string of the molecule is Cc1nc(-c2cn[nH]c2)sc1CCN. The fourth-order valence-corrected chi connectivity index (χ4v) is 2.34. The molecule has 0 saturated carbocycles. The van der Waals surface area contributed by atoms with Crippen molar-refractivity contribution in [1.29, 1.82) is 0 Å². The van der Waals surface area contributed by atoms with Crippen LogP contribution in [0.2, 0.25) is 0 Å². The molecule has 0 amide bonds. The molecule has 14 heavy (non-hydrogen) atoms. The molecule has 0 aromatic carbocycles. The average Bonchev–Trinajstić information content (AvgIpc) is 2.76. The molecule has 0 unspecified atom stereocenters. The van der Waals surface area contributed by atoms with Crippen LogP contribution in [0, 0.1) is 6.92 Å². The predicted molar refractivity (Wildman–Crippen MR) is 57.2 cm³/mol. The predicted octanol–water partition coefficient (Wildman–Crippen LogP) is 1.34. The zero-order valence-electron chi connectivity index (χ0n) is 7.95. The lowest BCUT2D eigenvalue weighted by Crippen LogP contribution is -2.01. The van der Waals surface area contributed by atoms with Gasteiger partial charge in [0.15, 0.2) is 0 Å². The first-order valence-corrected chi connectivity index (χ1v) is 5.28. The van der Waals surface area contributed by atoms with E-state index in [-0.39, 0.29) is 0 Å². The summed E-state index contributed by atoms with van der Waals surface area (Å²) in [5, 5.41) is 7.69. The van der Waals surface area contributed by atoms with E-state index < -0.39 is 0 Å². The first-order chi connectivity index (χ1) is 6.81. The Labute approximate surface area is 86.2 Å². The van der Waals surface area contributed by atoms with Gasteiger partial charge in [-0.25, -0.2) is 4.98 Å². The molecule has 0 saturated heterocycles. The van der Waals surface area contributed by atoms with E-state index in [4.69, 9.17) is 5.73 Å². The maximum Gasteiger partial charge on any atom is 0.127 e. The van der Waals surface area contributed by atoms with Crippen molar-refractivity contribution in [1.82, 2.24) is 15.2 Å². The van der Waals surface area contributed by atoms with Crippen LogP contribution in [-0.2, 0) is 6.42 Å². The summed E-state index contributed by atoms with van der Waals surface area (Å²) in [5.74, 6) is 0.